The molecule has 1 N–H and O–H groups in total. The van der Waals surface area contributed by atoms with Gasteiger partial charge in [-0.2, -0.15) is 0 Å². The van der Waals surface area contributed by atoms with Crippen molar-refractivity contribution in [3.05, 3.63) is 96.6 Å². The lowest BCUT2D eigenvalue weighted by molar-refractivity contribution is 0.102. The summed E-state index contributed by atoms with van der Waals surface area (Å²) in [6, 6.07) is 27.3. The van der Waals surface area contributed by atoms with Crippen LogP contribution in [0.5, 0.6) is 5.75 Å². The number of nitrogens with one attached hydrogen (secondary N) is 1. The molecule has 5 rings (SSSR count). The number of para-hydroxylation sites is 1. The highest BCUT2D eigenvalue weighted by Gasteiger charge is 2.19. The second-order valence-corrected chi connectivity index (χ2v) is 10.9. The number of ether oxygens (including phenoxy) is 1. The van der Waals surface area contributed by atoms with Crippen molar-refractivity contribution in [1.82, 2.24) is 9.29 Å². The van der Waals surface area contributed by atoms with Crippen molar-refractivity contribution in [2.45, 2.75) is 4.90 Å². The molecule has 1 amide bonds. The summed E-state index contributed by atoms with van der Waals surface area (Å²) in [6.07, 6.45) is 0. The minimum absolute atomic E-state index is 0.100. The van der Waals surface area contributed by atoms with Crippen molar-refractivity contribution in [1.29, 1.82) is 0 Å². The van der Waals surface area contributed by atoms with E-state index in [1.54, 1.807) is 25.3 Å². The normalized spacial score (nSPS) is 11.7. The quantitative estimate of drug-likeness (QED) is 0.322. The van der Waals surface area contributed by atoms with Gasteiger partial charge in [-0.15, -0.1) is 0 Å². The molecule has 1 heterocycles. The molecule has 0 aliphatic heterocycles. The van der Waals surface area contributed by atoms with Crippen LogP contribution in [0.4, 0.5) is 5.69 Å². The molecule has 0 saturated carbocycles. The van der Waals surface area contributed by atoms with E-state index in [-0.39, 0.29) is 10.8 Å². The lowest BCUT2D eigenvalue weighted by Crippen LogP contribution is -2.22. The van der Waals surface area contributed by atoms with Gasteiger partial charge in [0.1, 0.15) is 5.75 Å². The van der Waals surface area contributed by atoms with Gasteiger partial charge in [-0.05, 0) is 59.3 Å². The van der Waals surface area contributed by atoms with Gasteiger partial charge in [0.2, 0.25) is 10.0 Å². The summed E-state index contributed by atoms with van der Waals surface area (Å²) in [6.45, 7) is 0. The summed E-state index contributed by atoms with van der Waals surface area (Å²) in [4.78, 5) is 18.4. The number of pyridine rings is 1. The lowest BCUT2D eigenvalue weighted by Gasteiger charge is -2.14. The van der Waals surface area contributed by atoms with Gasteiger partial charge in [0.05, 0.1) is 28.8 Å². The van der Waals surface area contributed by atoms with Crippen molar-refractivity contribution in [2.24, 2.45) is 0 Å². The number of rotatable bonds is 6. The first-order valence-electron chi connectivity index (χ1n) is 11.6. The van der Waals surface area contributed by atoms with Gasteiger partial charge in [-0.25, -0.2) is 17.7 Å². The van der Waals surface area contributed by atoms with Crippen LogP contribution in [-0.2, 0) is 10.0 Å². The van der Waals surface area contributed by atoms with Crippen molar-refractivity contribution in [2.75, 3.05) is 26.5 Å². The van der Waals surface area contributed by atoms with E-state index in [0.717, 1.165) is 26.4 Å². The number of hydrogen-bond acceptors (Lipinski definition) is 5. The Morgan fingerprint density at radius 3 is 2.41 bits per heavy atom. The molecule has 0 aliphatic carbocycles. The third kappa shape index (κ3) is 4.76. The summed E-state index contributed by atoms with van der Waals surface area (Å²) >= 11 is 0. The van der Waals surface area contributed by atoms with Gasteiger partial charge in [0.15, 0.2) is 0 Å². The SMILES string of the molecule is COc1ccc2cc(-c3cc(C(=O)Nc4cccc(S(=O)(=O)N(C)C)c4)c4ccccc4n3)ccc2c1. The molecule has 0 spiro atoms. The maximum atomic E-state index is 13.5. The number of nitrogens with zero attached hydrogens (tertiary/aromatic N) is 2. The fraction of sp³-hybridized carbons (Fsp3) is 0.103. The van der Waals surface area contributed by atoms with Gasteiger partial charge < -0.3 is 10.1 Å². The van der Waals surface area contributed by atoms with Crippen LogP contribution in [0, 0.1) is 0 Å². The van der Waals surface area contributed by atoms with Gasteiger partial charge in [-0.3, -0.25) is 4.79 Å². The van der Waals surface area contributed by atoms with Crippen molar-refractivity contribution >= 4 is 43.3 Å². The van der Waals surface area contributed by atoms with Crippen LogP contribution in [0.2, 0.25) is 0 Å². The van der Waals surface area contributed by atoms with E-state index >= 15 is 0 Å². The van der Waals surface area contributed by atoms with E-state index in [1.807, 2.05) is 60.7 Å². The van der Waals surface area contributed by atoms with E-state index in [9.17, 15) is 13.2 Å². The van der Waals surface area contributed by atoms with E-state index in [0.29, 0.717) is 27.8 Å². The summed E-state index contributed by atoms with van der Waals surface area (Å²) in [5, 5.41) is 5.62. The molecule has 0 fully saturated rings. The smallest absolute Gasteiger partial charge is 0.256 e. The molecule has 8 heteroatoms. The molecule has 0 saturated heterocycles. The maximum Gasteiger partial charge on any atom is 0.256 e. The Hall–Kier alpha value is -4.27. The molecule has 5 aromatic rings. The number of anilines is 1. The second kappa shape index (κ2) is 9.65. The fourth-order valence-electron chi connectivity index (χ4n) is 4.16. The molecular formula is C29H25N3O4S. The topological polar surface area (TPSA) is 88.6 Å². The van der Waals surface area contributed by atoms with Crippen LogP contribution < -0.4 is 10.1 Å². The van der Waals surface area contributed by atoms with Crippen LogP contribution in [0.3, 0.4) is 0 Å². The average molecular weight is 512 g/mol. The van der Waals surface area contributed by atoms with E-state index in [2.05, 4.69) is 5.32 Å². The molecule has 37 heavy (non-hydrogen) atoms. The first-order chi connectivity index (χ1) is 17.8. The number of hydrogen-bond donors (Lipinski definition) is 1. The second-order valence-electron chi connectivity index (χ2n) is 8.77. The van der Waals surface area contributed by atoms with E-state index in [1.165, 1.54) is 26.2 Å². The van der Waals surface area contributed by atoms with E-state index in [4.69, 9.17) is 9.72 Å². The Bertz CT molecular complexity index is 1760. The zero-order valence-corrected chi connectivity index (χ0v) is 21.4. The van der Waals surface area contributed by atoms with Crippen LogP contribution in [-0.4, -0.2) is 44.8 Å². The summed E-state index contributed by atoms with van der Waals surface area (Å²) in [5.74, 6) is 0.426. The minimum Gasteiger partial charge on any atom is -0.497 e. The monoisotopic (exact) mass is 511 g/mol. The number of aromatic nitrogens is 1. The van der Waals surface area contributed by atoms with Gasteiger partial charge in [-0.1, -0.05) is 42.5 Å². The Labute approximate surface area is 215 Å². The van der Waals surface area contributed by atoms with Crippen LogP contribution in [0.15, 0.2) is 95.9 Å². The van der Waals surface area contributed by atoms with Crippen molar-refractivity contribution in [3.63, 3.8) is 0 Å². The summed E-state index contributed by atoms with van der Waals surface area (Å²) in [7, 11) is 0.935. The number of methoxy groups -OCH3 is 1. The minimum atomic E-state index is -3.64. The molecule has 1 aromatic heterocycles. The standard InChI is InChI=1S/C29H25N3O4S/c1-32(2)37(34,35)24-8-6-7-22(17-24)30-29(33)26-18-28(31-27-10-5-4-9-25(26)27)21-12-11-20-16-23(36-3)14-13-19(20)15-21/h4-18H,1-3H3,(H,30,33). The highest BCUT2D eigenvalue weighted by atomic mass is 32.2. The lowest BCUT2D eigenvalue weighted by atomic mass is 10.0. The Morgan fingerprint density at radius 2 is 1.62 bits per heavy atom. The maximum absolute atomic E-state index is 13.5. The molecule has 186 valence electrons. The molecule has 0 bridgehead atoms. The predicted octanol–water partition coefficient (Wildman–Crippen LogP) is 5.57. The Balaban J connectivity index is 1.55. The summed E-state index contributed by atoms with van der Waals surface area (Å²) < 4.78 is 31.5. The average Bonchev–Trinajstić information content (AvgIpc) is 2.91. The molecule has 7 nitrogen and oxygen atoms in total. The van der Waals surface area contributed by atoms with Gasteiger partial charge in [0.25, 0.3) is 5.91 Å². The van der Waals surface area contributed by atoms with Gasteiger partial charge in [0, 0.05) is 30.7 Å². The third-order valence-corrected chi connectivity index (χ3v) is 7.99. The van der Waals surface area contributed by atoms with Crippen LogP contribution in [0.1, 0.15) is 10.4 Å². The fourth-order valence-corrected chi connectivity index (χ4v) is 5.11. The first-order valence-corrected chi connectivity index (χ1v) is 13.0. The third-order valence-electron chi connectivity index (χ3n) is 6.17. The highest BCUT2D eigenvalue weighted by molar-refractivity contribution is 7.89. The largest absolute Gasteiger partial charge is 0.497 e. The Morgan fingerprint density at radius 1 is 0.865 bits per heavy atom. The van der Waals surface area contributed by atoms with Gasteiger partial charge >= 0.3 is 0 Å². The van der Waals surface area contributed by atoms with Crippen molar-refractivity contribution < 1.29 is 17.9 Å². The van der Waals surface area contributed by atoms with E-state index < -0.39 is 10.0 Å². The molecule has 0 unspecified atom stereocenters. The number of benzene rings is 4. The molecule has 4 aromatic carbocycles. The number of fused-ring (bicyclic) bond motifs is 2. The molecule has 0 atom stereocenters. The number of carbonyl (C=O) groups excluding carboxylic acids is 1. The number of carbonyl (C=O) groups is 1. The zero-order chi connectivity index (χ0) is 26.2. The van der Waals surface area contributed by atoms with Crippen LogP contribution in [0.25, 0.3) is 32.9 Å². The summed E-state index contributed by atoms with van der Waals surface area (Å²) in [5.41, 5.74) is 3.04. The number of sulfonamides is 1. The van der Waals surface area contributed by atoms with Crippen molar-refractivity contribution in [3.8, 4) is 17.0 Å². The number of amides is 1. The molecule has 0 aliphatic rings. The predicted molar refractivity (Wildman–Crippen MR) is 147 cm³/mol. The first kappa shape index (κ1) is 24.4. The highest BCUT2D eigenvalue weighted by Crippen LogP contribution is 2.29. The zero-order valence-electron chi connectivity index (χ0n) is 20.6. The molecule has 0 radical (unpaired) electrons. The Kier molecular flexibility index (Phi) is 6.37. The van der Waals surface area contributed by atoms with Crippen LogP contribution >= 0.6 is 0 Å². The molecular weight excluding hydrogens is 486 g/mol.